The van der Waals surface area contributed by atoms with Crippen LogP contribution in [0.25, 0.3) is 0 Å². The monoisotopic (exact) mass is 203 g/mol. The molecule has 0 fully saturated rings. The van der Waals surface area contributed by atoms with Crippen molar-refractivity contribution in [3.05, 3.63) is 0 Å². The number of aliphatic hydroxyl groups is 1. The first-order chi connectivity index (χ1) is 6.57. The lowest BCUT2D eigenvalue weighted by Crippen LogP contribution is -2.34. The summed E-state index contributed by atoms with van der Waals surface area (Å²) in [5.41, 5.74) is 0. The van der Waals surface area contributed by atoms with Gasteiger partial charge in [0.1, 0.15) is 0 Å². The zero-order chi connectivity index (χ0) is 11.0. The Labute approximate surface area is 88.1 Å². The van der Waals surface area contributed by atoms with Crippen molar-refractivity contribution in [2.75, 3.05) is 26.8 Å². The molecule has 0 aliphatic carbocycles. The zero-order valence-corrected chi connectivity index (χ0v) is 9.99. The molecule has 0 spiro atoms. The van der Waals surface area contributed by atoms with Gasteiger partial charge in [0, 0.05) is 32.8 Å². The maximum atomic E-state index is 9.20. The van der Waals surface area contributed by atoms with Gasteiger partial charge in [-0.3, -0.25) is 0 Å². The average molecular weight is 203 g/mol. The summed E-state index contributed by atoms with van der Waals surface area (Å²) >= 11 is 0. The van der Waals surface area contributed by atoms with Crippen LogP contribution in [0.2, 0.25) is 0 Å². The van der Waals surface area contributed by atoms with Gasteiger partial charge in [0.25, 0.3) is 0 Å². The van der Waals surface area contributed by atoms with Crippen LogP contribution >= 0.6 is 0 Å². The molecule has 0 aliphatic heterocycles. The molecule has 0 amide bonds. The van der Waals surface area contributed by atoms with Crippen LogP contribution in [0.3, 0.4) is 0 Å². The highest BCUT2D eigenvalue weighted by Crippen LogP contribution is 2.03. The maximum Gasteiger partial charge on any atom is 0.0524 e. The smallest absolute Gasteiger partial charge is 0.0524 e. The molecule has 0 aromatic rings. The van der Waals surface area contributed by atoms with E-state index in [1.165, 1.54) is 0 Å². The summed E-state index contributed by atoms with van der Waals surface area (Å²) < 4.78 is 5.02. The first-order valence-electron chi connectivity index (χ1n) is 5.49. The van der Waals surface area contributed by atoms with Crippen molar-refractivity contribution >= 4 is 0 Å². The quantitative estimate of drug-likeness (QED) is 0.607. The number of methoxy groups -OCH3 is 1. The second kappa shape index (κ2) is 8.21. The lowest BCUT2D eigenvalue weighted by Gasteiger charge is -2.26. The minimum atomic E-state index is -0.196. The summed E-state index contributed by atoms with van der Waals surface area (Å²) in [4.78, 5) is 2.38. The van der Waals surface area contributed by atoms with Gasteiger partial charge in [0.05, 0.1) is 6.10 Å². The number of ether oxygens (including phenoxy) is 1. The highest BCUT2D eigenvalue weighted by atomic mass is 16.5. The summed E-state index contributed by atoms with van der Waals surface area (Å²) in [7, 11) is 1.73. The molecule has 0 aromatic carbocycles. The second-order valence-corrected chi connectivity index (χ2v) is 4.11. The summed E-state index contributed by atoms with van der Waals surface area (Å²) in [5, 5.41) is 9.20. The van der Waals surface area contributed by atoms with Gasteiger partial charge in [0.15, 0.2) is 0 Å². The Bertz CT molecular complexity index is 126. The van der Waals surface area contributed by atoms with Crippen molar-refractivity contribution in [1.29, 1.82) is 0 Å². The van der Waals surface area contributed by atoms with E-state index >= 15 is 0 Å². The minimum absolute atomic E-state index is 0.196. The summed E-state index contributed by atoms with van der Waals surface area (Å²) in [6, 6.07) is 0.547. The molecule has 3 nitrogen and oxygen atoms in total. The molecule has 1 N–H and O–H groups in total. The first kappa shape index (κ1) is 13.9. The fourth-order valence-corrected chi connectivity index (χ4v) is 1.39. The fourth-order valence-electron chi connectivity index (χ4n) is 1.39. The fraction of sp³-hybridized carbons (Fsp3) is 1.00. The van der Waals surface area contributed by atoms with Crippen LogP contribution in [0.15, 0.2) is 0 Å². The van der Waals surface area contributed by atoms with E-state index in [1.54, 1.807) is 7.11 Å². The second-order valence-electron chi connectivity index (χ2n) is 4.11. The molecule has 0 aliphatic rings. The van der Waals surface area contributed by atoms with Gasteiger partial charge in [-0.15, -0.1) is 0 Å². The topological polar surface area (TPSA) is 32.7 Å². The highest BCUT2D eigenvalue weighted by Gasteiger charge is 2.09. The SMILES string of the molecule is COCCCN(CCC(C)O)C(C)C. The molecule has 0 aromatic heterocycles. The van der Waals surface area contributed by atoms with Crippen molar-refractivity contribution in [3.8, 4) is 0 Å². The normalized spacial score (nSPS) is 13.9. The molecule has 0 heterocycles. The van der Waals surface area contributed by atoms with Crippen LogP contribution in [0.5, 0.6) is 0 Å². The van der Waals surface area contributed by atoms with E-state index in [2.05, 4.69) is 18.7 Å². The standard InChI is InChI=1S/C11H25NO2/c1-10(2)12(7-5-9-14-4)8-6-11(3)13/h10-11,13H,5-9H2,1-4H3. The van der Waals surface area contributed by atoms with Crippen molar-refractivity contribution in [2.24, 2.45) is 0 Å². The van der Waals surface area contributed by atoms with Crippen LogP contribution in [-0.2, 0) is 4.74 Å². The predicted octanol–water partition coefficient (Wildman–Crippen LogP) is 1.50. The van der Waals surface area contributed by atoms with E-state index in [1.807, 2.05) is 6.92 Å². The lowest BCUT2D eigenvalue weighted by atomic mass is 10.2. The maximum absolute atomic E-state index is 9.20. The summed E-state index contributed by atoms with van der Waals surface area (Å²) in [5.74, 6) is 0. The molecule has 3 heteroatoms. The third-order valence-electron chi connectivity index (χ3n) is 2.36. The molecule has 86 valence electrons. The molecule has 1 atom stereocenters. The van der Waals surface area contributed by atoms with E-state index in [0.29, 0.717) is 6.04 Å². The average Bonchev–Trinajstić information content (AvgIpc) is 2.10. The molecule has 0 saturated carbocycles. The van der Waals surface area contributed by atoms with Gasteiger partial charge < -0.3 is 14.7 Å². The molecule has 1 unspecified atom stereocenters. The van der Waals surface area contributed by atoms with Crippen molar-refractivity contribution in [3.63, 3.8) is 0 Å². The number of hydrogen-bond acceptors (Lipinski definition) is 3. The first-order valence-corrected chi connectivity index (χ1v) is 5.49. The molecule has 0 rings (SSSR count). The van der Waals surface area contributed by atoms with Crippen molar-refractivity contribution < 1.29 is 9.84 Å². The van der Waals surface area contributed by atoms with E-state index in [0.717, 1.165) is 32.5 Å². The number of aliphatic hydroxyl groups excluding tert-OH is 1. The Morgan fingerprint density at radius 3 is 2.29 bits per heavy atom. The van der Waals surface area contributed by atoms with E-state index in [-0.39, 0.29) is 6.10 Å². The van der Waals surface area contributed by atoms with Crippen LogP contribution in [0.4, 0.5) is 0 Å². The van der Waals surface area contributed by atoms with E-state index < -0.39 is 0 Å². The number of hydrogen-bond donors (Lipinski definition) is 1. The third kappa shape index (κ3) is 7.30. The van der Waals surface area contributed by atoms with Crippen LogP contribution < -0.4 is 0 Å². The molecule has 0 bridgehead atoms. The van der Waals surface area contributed by atoms with Crippen LogP contribution in [0, 0.1) is 0 Å². The van der Waals surface area contributed by atoms with Gasteiger partial charge in [-0.1, -0.05) is 0 Å². The predicted molar refractivity (Wildman–Crippen MR) is 59.5 cm³/mol. The van der Waals surface area contributed by atoms with Gasteiger partial charge in [-0.2, -0.15) is 0 Å². The Kier molecular flexibility index (Phi) is 8.14. The van der Waals surface area contributed by atoms with Gasteiger partial charge in [0.2, 0.25) is 0 Å². The lowest BCUT2D eigenvalue weighted by molar-refractivity contribution is 0.128. The Hall–Kier alpha value is -0.120. The highest BCUT2D eigenvalue weighted by molar-refractivity contribution is 4.64. The van der Waals surface area contributed by atoms with Crippen LogP contribution in [0.1, 0.15) is 33.6 Å². The Morgan fingerprint density at radius 2 is 1.86 bits per heavy atom. The van der Waals surface area contributed by atoms with Crippen LogP contribution in [-0.4, -0.2) is 49.0 Å². The molecular weight excluding hydrogens is 178 g/mol. The van der Waals surface area contributed by atoms with Crippen molar-refractivity contribution in [1.82, 2.24) is 4.90 Å². The zero-order valence-electron chi connectivity index (χ0n) is 9.99. The van der Waals surface area contributed by atoms with Gasteiger partial charge >= 0.3 is 0 Å². The summed E-state index contributed by atoms with van der Waals surface area (Å²) in [6.45, 7) is 9.06. The molecule has 0 saturated heterocycles. The number of nitrogens with zero attached hydrogens (tertiary/aromatic N) is 1. The van der Waals surface area contributed by atoms with E-state index in [4.69, 9.17) is 4.74 Å². The minimum Gasteiger partial charge on any atom is -0.393 e. The summed E-state index contributed by atoms with van der Waals surface area (Å²) in [6.07, 6.45) is 1.72. The molecule has 0 radical (unpaired) electrons. The number of rotatable bonds is 8. The van der Waals surface area contributed by atoms with E-state index in [9.17, 15) is 5.11 Å². The van der Waals surface area contributed by atoms with Crippen molar-refractivity contribution in [2.45, 2.75) is 45.8 Å². The third-order valence-corrected chi connectivity index (χ3v) is 2.36. The Balaban J connectivity index is 3.66. The molecule has 14 heavy (non-hydrogen) atoms. The molecular formula is C11H25NO2. The largest absolute Gasteiger partial charge is 0.393 e. The van der Waals surface area contributed by atoms with Gasteiger partial charge in [-0.05, 0) is 33.6 Å². The van der Waals surface area contributed by atoms with Gasteiger partial charge in [-0.25, -0.2) is 0 Å². The Morgan fingerprint density at radius 1 is 1.21 bits per heavy atom.